The van der Waals surface area contributed by atoms with Crippen molar-refractivity contribution in [2.45, 2.75) is 19.4 Å². The summed E-state index contributed by atoms with van der Waals surface area (Å²) < 4.78 is 20.1. The highest BCUT2D eigenvalue weighted by Crippen LogP contribution is 2.18. The molecule has 102 valence electrons. The molecule has 0 amide bonds. The number of hydrogen-bond acceptors (Lipinski definition) is 4. The summed E-state index contributed by atoms with van der Waals surface area (Å²) in [6.45, 7) is 1.12. The number of aryl methyl sites for hydroxylation is 1. The molecule has 1 aromatic heterocycles. The van der Waals surface area contributed by atoms with Crippen molar-refractivity contribution in [2.24, 2.45) is 5.73 Å². The molecule has 19 heavy (non-hydrogen) atoms. The molecule has 0 spiro atoms. The second-order valence-electron chi connectivity index (χ2n) is 4.27. The number of benzene rings is 1. The van der Waals surface area contributed by atoms with Gasteiger partial charge in [0.1, 0.15) is 0 Å². The highest BCUT2D eigenvalue weighted by molar-refractivity contribution is 5.29. The van der Waals surface area contributed by atoms with Crippen molar-refractivity contribution in [3.05, 3.63) is 41.5 Å². The Labute approximate surface area is 111 Å². The third-order valence-corrected chi connectivity index (χ3v) is 2.78. The first kappa shape index (κ1) is 13.5. The molecule has 0 fully saturated rings. The summed E-state index contributed by atoms with van der Waals surface area (Å²) in [6, 6.07) is 4.86. The van der Waals surface area contributed by atoms with Gasteiger partial charge in [-0.05, 0) is 37.1 Å². The summed E-state index contributed by atoms with van der Waals surface area (Å²) in [6.07, 6.45) is 3.56. The molecule has 0 aliphatic carbocycles. The van der Waals surface area contributed by atoms with Crippen molar-refractivity contribution in [1.82, 2.24) is 15.0 Å². The number of rotatable bonds is 6. The minimum absolute atomic E-state index is 0.242. The van der Waals surface area contributed by atoms with Gasteiger partial charge in [0.05, 0.1) is 19.3 Å². The average Bonchev–Trinajstić information content (AvgIpc) is 2.84. The molecule has 1 heterocycles. The van der Waals surface area contributed by atoms with Crippen LogP contribution in [-0.4, -0.2) is 28.6 Å². The van der Waals surface area contributed by atoms with E-state index in [4.69, 9.17) is 10.5 Å². The highest BCUT2D eigenvalue weighted by atomic mass is 19.1. The van der Waals surface area contributed by atoms with E-state index in [1.54, 1.807) is 10.7 Å². The fourth-order valence-electron chi connectivity index (χ4n) is 1.81. The van der Waals surface area contributed by atoms with Gasteiger partial charge in [-0.25, -0.2) is 9.07 Å². The van der Waals surface area contributed by atoms with E-state index in [9.17, 15) is 4.39 Å². The van der Waals surface area contributed by atoms with Gasteiger partial charge < -0.3 is 10.5 Å². The lowest BCUT2D eigenvalue weighted by Crippen LogP contribution is -2.01. The van der Waals surface area contributed by atoms with Gasteiger partial charge in [0, 0.05) is 6.20 Å². The topological polar surface area (TPSA) is 66.0 Å². The van der Waals surface area contributed by atoms with Crippen molar-refractivity contribution in [2.75, 3.05) is 13.7 Å². The molecule has 1 aromatic carbocycles. The van der Waals surface area contributed by atoms with E-state index in [-0.39, 0.29) is 11.6 Å². The van der Waals surface area contributed by atoms with Crippen LogP contribution >= 0.6 is 0 Å². The van der Waals surface area contributed by atoms with Gasteiger partial charge in [0.15, 0.2) is 11.6 Å². The normalized spacial score (nSPS) is 10.7. The van der Waals surface area contributed by atoms with Gasteiger partial charge >= 0.3 is 0 Å². The fraction of sp³-hybridized carbons (Fsp3) is 0.385. The van der Waals surface area contributed by atoms with E-state index < -0.39 is 0 Å². The Kier molecular flexibility index (Phi) is 4.46. The number of ether oxygens (including phenoxy) is 1. The van der Waals surface area contributed by atoms with Crippen LogP contribution in [0.15, 0.2) is 24.4 Å². The van der Waals surface area contributed by atoms with Gasteiger partial charge in [-0.1, -0.05) is 11.3 Å². The molecular formula is C13H17FN4O. The zero-order valence-electron chi connectivity index (χ0n) is 10.8. The molecule has 2 aromatic rings. The first-order valence-corrected chi connectivity index (χ1v) is 6.14. The smallest absolute Gasteiger partial charge is 0.165 e. The molecule has 6 heteroatoms. The van der Waals surface area contributed by atoms with Crippen molar-refractivity contribution in [1.29, 1.82) is 0 Å². The van der Waals surface area contributed by atoms with Gasteiger partial charge in [-0.2, -0.15) is 0 Å². The summed E-state index contributed by atoms with van der Waals surface area (Å²) in [4.78, 5) is 0. The minimum Gasteiger partial charge on any atom is -0.494 e. The number of nitrogens with zero attached hydrogens (tertiary/aromatic N) is 3. The van der Waals surface area contributed by atoms with E-state index in [0.29, 0.717) is 13.1 Å². The van der Waals surface area contributed by atoms with Crippen LogP contribution < -0.4 is 10.5 Å². The van der Waals surface area contributed by atoms with Crippen LogP contribution in [0.25, 0.3) is 0 Å². The first-order chi connectivity index (χ1) is 9.22. The monoisotopic (exact) mass is 264 g/mol. The third kappa shape index (κ3) is 3.51. The average molecular weight is 264 g/mol. The number of nitrogens with two attached hydrogens (primary N) is 1. The molecular weight excluding hydrogens is 247 g/mol. The lowest BCUT2D eigenvalue weighted by Gasteiger charge is -2.04. The summed E-state index contributed by atoms with van der Waals surface area (Å²) in [5.74, 6) is -0.130. The van der Waals surface area contributed by atoms with E-state index in [1.807, 2.05) is 12.3 Å². The van der Waals surface area contributed by atoms with Crippen molar-refractivity contribution in [3.8, 4) is 5.75 Å². The standard InChI is InChI=1S/C13H17FN4O/c1-19-13-5-4-10(7-12(13)14)8-18-9-11(16-17-18)3-2-6-15/h4-5,7,9H,2-3,6,8,15H2,1H3. The maximum atomic E-state index is 13.5. The predicted octanol–water partition coefficient (Wildman–Crippen LogP) is 1.37. The Balaban J connectivity index is 2.04. The van der Waals surface area contributed by atoms with Crippen molar-refractivity contribution >= 4 is 0 Å². The van der Waals surface area contributed by atoms with Crippen molar-refractivity contribution in [3.63, 3.8) is 0 Å². The van der Waals surface area contributed by atoms with Crippen LogP contribution in [0.4, 0.5) is 4.39 Å². The number of aromatic nitrogens is 3. The van der Waals surface area contributed by atoms with Crippen LogP contribution in [0.2, 0.25) is 0 Å². The molecule has 2 rings (SSSR count). The third-order valence-electron chi connectivity index (χ3n) is 2.78. The molecule has 0 radical (unpaired) electrons. The van der Waals surface area contributed by atoms with Crippen LogP contribution in [0, 0.1) is 5.82 Å². The van der Waals surface area contributed by atoms with Gasteiger partial charge in [-0.3, -0.25) is 0 Å². The highest BCUT2D eigenvalue weighted by Gasteiger charge is 2.05. The predicted molar refractivity (Wildman–Crippen MR) is 69.5 cm³/mol. The number of halogens is 1. The molecule has 5 nitrogen and oxygen atoms in total. The van der Waals surface area contributed by atoms with E-state index in [2.05, 4.69) is 10.3 Å². The maximum Gasteiger partial charge on any atom is 0.165 e. The van der Waals surface area contributed by atoms with Crippen LogP contribution in [-0.2, 0) is 13.0 Å². The van der Waals surface area contributed by atoms with Crippen LogP contribution in [0.1, 0.15) is 17.7 Å². The van der Waals surface area contributed by atoms with Gasteiger partial charge in [-0.15, -0.1) is 5.10 Å². The van der Waals surface area contributed by atoms with E-state index in [1.165, 1.54) is 13.2 Å². The second kappa shape index (κ2) is 6.29. The quantitative estimate of drug-likeness (QED) is 0.855. The maximum absolute atomic E-state index is 13.5. The summed E-state index contributed by atoms with van der Waals surface area (Å²) in [5, 5.41) is 8.05. The second-order valence-corrected chi connectivity index (χ2v) is 4.27. The molecule has 0 atom stereocenters. The molecule has 0 saturated heterocycles. The van der Waals surface area contributed by atoms with E-state index in [0.717, 1.165) is 24.1 Å². The zero-order chi connectivity index (χ0) is 13.7. The fourth-order valence-corrected chi connectivity index (χ4v) is 1.81. The SMILES string of the molecule is COc1ccc(Cn2cc(CCCN)nn2)cc1F. The number of methoxy groups -OCH3 is 1. The lowest BCUT2D eigenvalue weighted by molar-refractivity contribution is 0.386. The molecule has 0 aliphatic rings. The summed E-state index contributed by atoms with van der Waals surface area (Å²) in [5.41, 5.74) is 7.16. The molecule has 0 unspecified atom stereocenters. The lowest BCUT2D eigenvalue weighted by atomic mass is 10.2. The number of hydrogen-bond donors (Lipinski definition) is 1. The Morgan fingerprint density at radius 3 is 2.95 bits per heavy atom. The van der Waals surface area contributed by atoms with Gasteiger partial charge in [0.25, 0.3) is 0 Å². The zero-order valence-corrected chi connectivity index (χ0v) is 10.8. The molecule has 0 bridgehead atoms. The van der Waals surface area contributed by atoms with Gasteiger partial charge in [0.2, 0.25) is 0 Å². The largest absolute Gasteiger partial charge is 0.494 e. The Bertz CT molecular complexity index is 541. The minimum atomic E-state index is -0.372. The Morgan fingerprint density at radius 1 is 1.42 bits per heavy atom. The Morgan fingerprint density at radius 2 is 2.26 bits per heavy atom. The van der Waals surface area contributed by atoms with Crippen LogP contribution in [0.3, 0.4) is 0 Å². The Hall–Kier alpha value is -1.95. The molecule has 0 aliphatic heterocycles. The molecule has 0 saturated carbocycles. The van der Waals surface area contributed by atoms with Crippen molar-refractivity contribution < 1.29 is 9.13 Å². The molecule has 2 N–H and O–H groups in total. The van der Waals surface area contributed by atoms with E-state index >= 15 is 0 Å². The summed E-state index contributed by atoms with van der Waals surface area (Å²) in [7, 11) is 1.44. The van der Waals surface area contributed by atoms with Crippen LogP contribution in [0.5, 0.6) is 5.75 Å². The first-order valence-electron chi connectivity index (χ1n) is 6.14. The summed E-state index contributed by atoms with van der Waals surface area (Å²) >= 11 is 0.